The van der Waals surface area contributed by atoms with Crippen LogP contribution in [0.3, 0.4) is 0 Å². The van der Waals surface area contributed by atoms with Crippen molar-refractivity contribution in [3.05, 3.63) is 0 Å². The van der Waals surface area contributed by atoms with Gasteiger partial charge in [0.05, 0.1) is 18.6 Å². The average molecular weight is 584 g/mol. The lowest BCUT2D eigenvalue weighted by Crippen LogP contribution is -2.74. The number of halogens is 17. The smallest absolute Gasteiger partial charge is 0.226 e. The number of hydrogen-bond acceptors (Lipinski definition) is 2. The maximum atomic E-state index is 13.7. The summed E-state index contributed by atoms with van der Waals surface area (Å²) in [4.78, 5) is 7.00. The van der Waals surface area contributed by atoms with Crippen LogP contribution < -0.4 is 0 Å². The molecule has 0 radical (unpaired) electrons. The first-order valence-electron chi connectivity index (χ1n) is 10.2. The molecule has 1 saturated carbocycles. The lowest BCUT2D eigenvalue weighted by molar-refractivity contribution is -0.461. The van der Waals surface area contributed by atoms with Crippen LogP contribution in [0.2, 0.25) is 0 Å². The first-order chi connectivity index (χ1) is 16.3. The molecule has 0 heterocycles. The van der Waals surface area contributed by atoms with Gasteiger partial charge in [-0.2, -0.15) is 74.6 Å². The van der Waals surface area contributed by atoms with E-state index < -0.39 is 67.0 Å². The van der Waals surface area contributed by atoms with E-state index in [9.17, 15) is 74.6 Å². The summed E-state index contributed by atoms with van der Waals surface area (Å²) in [5.41, 5.74) is 0. The molecule has 0 aliphatic heterocycles. The Labute approximate surface area is 197 Å². The molecule has 0 saturated heterocycles. The van der Waals surface area contributed by atoms with Gasteiger partial charge in [-0.1, -0.05) is 19.3 Å². The minimum atomic E-state index is -8.61. The van der Waals surface area contributed by atoms with E-state index in [2.05, 4.69) is 9.98 Å². The molecule has 0 atom stereocenters. The second kappa shape index (κ2) is 10.4. The van der Waals surface area contributed by atoms with Gasteiger partial charge in [-0.15, -0.1) is 0 Å². The summed E-state index contributed by atoms with van der Waals surface area (Å²) in [6, 6.07) is 1.76. The first-order valence-corrected chi connectivity index (χ1v) is 10.2. The predicted octanol–water partition coefficient (Wildman–Crippen LogP) is 8.28. The van der Waals surface area contributed by atoms with Gasteiger partial charge in [0.25, 0.3) is 0 Å². The number of alkyl halides is 17. The molecule has 2 nitrogen and oxygen atoms in total. The molecule has 1 fully saturated rings. The van der Waals surface area contributed by atoms with Crippen molar-refractivity contribution in [2.75, 3.05) is 6.54 Å². The summed E-state index contributed by atoms with van der Waals surface area (Å²) >= 11 is 0. The van der Waals surface area contributed by atoms with Crippen LogP contribution in [0.4, 0.5) is 74.6 Å². The van der Waals surface area contributed by atoms with Gasteiger partial charge >= 0.3 is 47.6 Å². The molecular weight excluding hydrogens is 567 g/mol. The molecule has 1 aliphatic rings. The molecule has 0 N–H and O–H groups in total. The molecule has 0 bridgehead atoms. The van der Waals surface area contributed by atoms with E-state index in [4.69, 9.17) is 0 Å². The van der Waals surface area contributed by atoms with Crippen LogP contribution >= 0.6 is 0 Å². The lowest BCUT2D eigenvalue weighted by Gasteiger charge is -2.42. The van der Waals surface area contributed by atoms with E-state index in [1.807, 2.05) is 6.01 Å². The SMILES string of the molecule is FC(F)(F)C(F)(F)C(F)(F)C(F)(F)C(F)(F)C(F)(F)C(F)(F)C(F)(F)CCCN=C=NC1CCCCC1. The number of nitrogens with zero attached hydrogens (tertiary/aromatic N) is 2. The monoisotopic (exact) mass is 584 g/mol. The molecule has 0 aromatic carbocycles. The minimum Gasteiger partial charge on any atom is -0.226 e. The number of hydrogen-bond donors (Lipinski definition) is 0. The summed E-state index contributed by atoms with van der Waals surface area (Å²) < 4.78 is 224. The standard InChI is InChI=1S/C18H17F17N2/c19-11(20,7-4-8-36-9-37-10-5-2-1-3-6-10)12(21,22)13(23,24)14(25,26)15(27,28)16(29,30)17(31,32)18(33,34)35/h10H,1-8H2. The van der Waals surface area contributed by atoms with Crippen molar-refractivity contribution >= 4 is 6.01 Å². The van der Waals surface area contributed by atoms with Crippen LogP contribution in [0.15, 0.2) is 9.98 Å². The molecule has 37 heavy (non-hydrogen) atoms. The Morgan fingerprint density at radius 2 is 0.946 bits per heavy atom. The van der Waals surface area contributed by atoms with Crippen LogP contribution in [-0.4, -0.2) is 66.2 Å². The van der Waals surface area contributed by atoms with Crippen molar-refractivity contribution < 1.29 is 74.6 Å². The molecule has 1 aliphatic carbocycles. The molecule has 218 valence electrons. The largest absolute Gasteiger partial charge is 0.460 e. The maximum absolute atomic E-state index is 13.7. The average Bonchev–Trinajstić information content (AvgIpc) is 2.75. The molecular formula is C18H17F17N2. The zero-order valence-electron chi connectivity index (χ0n) is 18.1. The molecule has 0 aromatic heterocycles. The third-order valence-electron chi connectivity index (χ3n) is 5.43. The third kappa shape index (κ3) is 5.65. The zero-order valence-corrected chi connectivity index (χ0v) is 18.1. The quantitative estimate of drug-likeness (QED) is 0.133. The van der Waals surface area contributed by atoms with Crippen molar-refractivity contribution in [3.8, 4) is 0 Å². The summed E-state index contributed by atoms with van der Waals surface area (Å²) in [7, 11) is 0. The Morgan fingerprint density at radius 3 is 1.38 bits per heavy atom. The number of rotatable bonds is 11. The van der Waals surface area contributed by atoms with Crippen molar-refractivity contribution in [2.24, 2.45) is 9.98 Å². The second-order valence-corrected chi connectivity index (χ2v) is 8.15. The van der Waals surface area contributed by atoms with Gasteiger partial charge in [0.1, 0.15) is 0 Å². The Balaban J connectivity index is 3.16. The van der Waals surface area contributed by atoms with Gasteiger partial charge in [-0.3, -0.25) is 0 Å². The Morgan fingerprint density at radius 1 is 0.541 bits per heavy atom. The van der Waals surface area contributed by atoms with E-state index in [1.165, 1.54) is 0 Å². The topological polar surface area (TPSA) is 24.7 Å². The highest BCUT2D eigenvalue weighted by atomic mass is 19.4. The summed E-state index contributed by atoms with van der Waals surface area (Å²) in [6.07, 6.45) is -7.83. The van der Waals surface area contributed by atoms with E-state index in [0.717, 1.165) is 19.3 Å². The Hall–Kier alpha value is -1.81. The molecule has 1 rings (SSSR count). The van der Waals surface area contributed by atoms with Crippen molar-refractivity contribution in [1.29, 1.82) is 0 Å². The number of aliphatic imine (C=N–C) groups is 2. The minimum absolute atomic E-state index is 0.242. The Bertz CT molecular complexity index is 834. The van der Waals surface area contributed by atoms with Crippen LogP contribution in [-0.2, 0) is 0 Å². The first kappa shape index (κ1) is 33.2. The Kier molecular flexibility index (Phi) is 9.33. The van der Waals surface area contributed by atoms with Crippen molar-refractivity contribution in [3.63, 3.8) is 0 Å². The highest BCUT2D eigenvalue weighted by Crippen LogP contribution is 2.64. The van der Waals surface area contributed by atoms with Crippen molar-refractivity contribution in [2.45, 2.75) is 98.6 Å². The zero-order chi connectivity index (χ0) is 29.4. The van der Waals surface area contributed by atoms with Gasteiger partial charge in [0, 0.05) is 6.42 Å². The molecule has 19 heteroatoms. The fourth-order valence-corrected chi connectivity index (χ4v) is 3.12. The van der Waals surface area contributed by atoms with Gasteiger partial charge in [-0.25, -0.2) is 9.98 Å². The maximum Gasteiger partial charge on any atom is 0.460 e. The highest BCUT2D eigenvalue weighted by molar-refractivity contribution is 5.41. The third-order valence-corrected chi connectivity index (χ3v) is 5.43. The second-order valence-electron chi connectivity index (χ2n) is 8.15. The summed E-state index contributed by atoms with van der Waals surface area (Å²) in [5, 5.41) is 0. The van der Waals surface area contributed by atoms with Gasteiger partial charge in [0.15, 0.2) is 0 Å². The van der Waals surface area contributed by atoms with E-state index in [-0.39, 0.29) is 6.04 Å². The fraction of sp³-hybridized carbons (Fsp3) is 0.944. The van der Waals surface area contributed by atoms with Crippen LogP contribution in [0.25, 0.3) is 0 Å². The predicted molar refractivity (Wildman–Crippen MR) is 91.5 cm³/mol. The van der Waals surface area contributed by atoms with Crippen LogP contribution in [0.5, 0.6) is 0 Å². The van der Waals surface area contributed by atoms with Crippen LogP contribution in [0, 0.1) is 0 Å². The summed E-state index contributed by atoms with van der Waals surface area (Å²) in [6.45, 7) is -0.907. The fourth-order valence-electron chi connectivity index (χ4n) is 3.12. The molecule has 0 unspecified atom stereocenters. The molecule has 0 spiro atoms. The van der Waals surface area contributed by atoms with E-state index in [1.54, 1.807) is 0 Å². The normalized spacial score (nSPS) is 18.0. The van der Waals surface area contributed by atoms with Crippen LogP contribution in [0.1, 0.15) is 44.9 Å². The van der Waals surface area contributed by atoms with E-state index in [0.29, 0.717) is 12.8 Å². The highest BCUT2D eigenvalue weighted by Gasteiger charge is 2.95. The molecule has 0 aromatic rings. The van der Waals surface area contributed by atoms with Gasteiger partial charge in [0.2, 0.25) is 0 Å². The summed E-state index contributed by atoms with van der Waals surface area (Å²) in [5.74, 6) is -56.1. The van der Waals surface area contributed by atoms with Gasteiger partial charge < -0.3 is 0 Å². The lowest BCUT2D eigenvalue weighted by atomic mass is 9.88. The van der Waals surface area contributed by atoms with Gasteiger partial charge in [-0.05, 0) is 19.3 Å². The van der Waals surface area contributed by atoms with E-state index >= 15 is 0 Å². The molecule has 0 amide bonds. The van der Waals surface area contributed by atoms with Crippen molar-refractivity contribution in [1.82, 2.24) is 0 Å².